The van der Waals surface area contributed by atoms with E-state index in [4.69, 9.17) is 4.74 Å². The normalized spacial score (nSPS) is 22.0. The molecule has 12 heavy (non-hydrogen) atoms. The minimum atomic E-state index is 0.160. The smallest absolute Gasteiger partial charge is 0.0926 e. The third kappa shape index (κ3) is 2.46. The highest BCUT2D eigenvalue weighted by atomic mass is 16.5. The molecule has 1 aliphatic heterocycles. The number of rotatable bonds is 3. The van der Waals surface area contributed by atoms with Crippen molar-refractivity contribution >= 4 is 0 Å². The van der Waals surface area contributed by atoms with Crippen LogP contribution in [-0.4, -0.2) is 25.8 Å². The molecule has 0 atom stereocenters. The van der Waals surface area contributed by atoms with Gasteiger partial charge in [-0.25, -0.2) is 0 Å². The molecular weight excluding hydrogens is 150 g/mol. The van der Waals surface area contributed by atoms with Gasteiger partial charge in [0.15, 0.2) is 0 Å². The number of ether oxygens (including phenoxy) is 1. The lowest BCUT2D eigenvalue weighted by molar-refractivity contribution is -0.0630. The van der Waals surface area contributed by atoms with Crippen molar-refractivity contribution in [2.45, 2.75) is 39.2 Å². The molecule has 1 saturated heterocycles. The molecule has 1 N–H and O–H groups in total. The Labute approximate surface area is 75.7 Å². The van der Waals surface area contributed by atoms with Gasteiger partial charge >= 0.3 is 0 Å². The topological polar surface area (TPSA) is 21.3 Å². The summed E-state index contributed by atoms with van der Waals surface area (Å²) in [6.45, 7) is 8.90. The molecule has 1 heterocycles. The van der Waals surface area contributed by atoms with E-state index in [1.807, 2.05) is 7.11 Å². The van der Waals surface area contributed by atoms with Crippen molar-refractivity contribution in [1.29, 1.82) is 0 Å². The second-order valence-corrected chi connectivity index (χ2v) is 5.05. The number of methoxy groups -OCH3 is 1. The molecule has 1 aliphatic rings. The van der Waals surface area contributed by atoms with E-state index in [1.54, 1.807) is 0 Å². The Morgan fingerprint density at radius 2 is 1.92 bits per heavy atom. The van der Waals surface area contributed by atoms with Gasteiger partial charge in [-0.2, -0.15) is 0 Å². The van der Waals surface area contributed by atoms with E-state index in [0.717, 1.165) is 13.1 Å². The second-order valence-electron chi connectivity index (χ2n) is 5.05. The Balaban J connectivity index is 2.30. The molecule has 1 fully saturated rings. The van der Waals surface area contributed by atoms with Crippen molar-refractivity contribution in [2.24, 2.45) is 5.41 Å². The fraction of sp³-hybridized carbons (Fsp3) is 1.00. The van der Waals surface area contributed by atoms with E-state index in [1.165, 1.54) is 12.8 Å². The maximum Gasteiger partial charge on any atom is 0.0926 e. The maximum atomic E-state index is 5.51. The maximum absolute atomic E-state index is 5.51. The lowest BCUT2D eigenvalue weighted by atomic mass is 9.82. The van der Waals surface area contributed by atoms with Crippen molar-refractivity contribution in [3.05, 3.63) is 0 Å². The Hall–Kier alpha value is -0.0800. The molecule has 0 aromatic rings. The molecule has 1 rings (SSSR count). The molecule has 0 aromatic heterocycles. The van der Waals surface area contributed by atoms with Crippen molar-refractivity contribution in [3.63, 3.8) is 0 Å². The monoisotopic (exact) mass is 171 g/mol. The van der Waals surface area contributed by atoms with E-state index in [2.05, 4.69) is 26.1 Å². The van der Waals surface area contributed by atoms with Gasteiger partial charge in [-0.05, 0) is 18.3 Å². The highest BCUT2D eigenvalue weighted by molar-refractivity contribution is 4.94. The van der Waals surface area contributed by atoms with Crippen LogP contribution in [0.3, 0.4) is 0 Å². The van der Waals surface area contributed by atoms with Gasteiger partial charge in [-0.15, -0.1) is 0 Å². The quantitative estimate of drug-likeness (QED) is 0.699. The zero-order chi connectivity index (χ0) is 9.24. The van der Waals surface area contributed by atoms with Crippen molar-refractivity contribution in [2.75, 3.05) is 20.2 Å². The summed E-state index contributed by atoms with van der Waals surface area (Å²) < 4.78 is 5.51. The molecule has 0 bridgehead atoms. The summed E-state index contributed by atoms with van der Waals surface area (Å²) in [6, 6.07) is 0. The number of hydrogen-bond donors (Lipinski definition) is 1. The molecule has 0 saturated carbocycles. The van der Waals surface area contributed by atoms with Gasteiger partial charge < -0.3 is 10.1 Å². The average molecular weight is 171 g/mol. The standard InChI is InChI=1S/C10H21NO/c1-9(2,3)5-6-10(12-4)7-11-8-10/h11H,5-8H2,1-4H3. The summed E-state index contributed by atoms with van der Waals surface area (Å²) in [7, 11) is 1.82. The van der Waals surface area contributed by atoms with Gasteiger partial charge in [0.05, 0.1) is 5.60 Å². The van der Waals surface area contributed by atoms with Crippen molar-refractivity contribution in [3.8, 4) is 0 Å². The summed E-state index contributed by atoms with van der Waals surface area (Å²) in [4.78, 5) is 0. The van der Waals surface area contributed by atoms with Gasteiger partial charge in [-0.1, -0.05) is 20.8 Å². The zero-order valence-corrected chi connectivity index (χ0v) is 8.74. The fourth-order valence-corrected chi connectivity index (χ4v) is 1.43. The van der Waals surface area contributed by atoms with E-state index >= 15 is 0 Å². The van der Waals surface area contributed by atoms with Crippen LogP contribution in [0.25, 0.3) is 0 Å². The Kier molecular flexibility index (Phi) is 2.79. The van der Waals surface area contributed by atoms with Gasteiger partial charge in [-0.3, -0.25) is 0 Å². The van der Waals surface area contributed by atoms with Crippen LogP contribution < -0.4 is 5.32 Å². The predicted molar refractivity (Wildman–Crippen MR) is 51.3 cm³/mol. The van der Waals surface area contributed by atoms with Crippen molar-refractivity contribution < 1.29 is 4.74 Å². The lowest BCUT2D eigenvalue weighted by Gasteiger charge is -2.42. The van der Waals surface area contributed by atoms with E-state index in [9.17, 15) is 0 Å². The average Bonchev–Trinajstić information content (AvgIpc) is 1.84. The molecule has 0 aliphatic carbocycles. The Morgan fingerprint density at radius 1 is 1.33 bits per heavy atom. The van der Waals surface area contributed by atoms with Crippen LogP contribution in [0.4, 0.5) is 0 Å². The first-order valence-corrected chi connectivity index (χ1v) is 4.73. The zero-order valence-electron chi connectivity index (χ0n) is 8.74. The van der Waals surface area contributed by atoms with Gasteiger partial charge in [0.1, 0.15) is 0 Å². The molecule has 0 spiro atoms. The van der Waals surface area contributed by atoms with Gasteiger partial charge in [0.25, 0.3) is 0 Å². The SMILES string of the molecule is COC1(CCC(C)(C)C)CNC1. The molecule has 0 radical (unpaired) electrons. The van der Waals surface area contributed by atoms with Crippen molar-refractivity contribution in [1.82, 2.24) is 5.32 Å². The molecule has 2 nitrogen and oxygen atoms in total. The number of nitrogens with one attached hydrogen (secondary N) is 1. The predicted octanol–water partition coefficient (Wildman–Crippen LogP) is 1.80. The minimum absolute atomic E-state index is 0.160. The summed E-state index contributed by atoms with van der Waals surface area (Å²) in [5.74, 6) is 0. The first kappa shape index (κ1) is 10.0. The molecule has 72 valence electrons. The van der Waals surface area contributed by atoms with Crippen LogP contribution >= 0.6 is 0 Å². The first-order valence-electron chi connectivity index (χ1n) is 4.73. The van der Waals surface area contributed by atoms with Gasteiger partial charge in [0, 0.05) is 20.2 Å². The van der Waals surface area contributed by atoms with Crippen LogP contribution in [0.2, 0.25) is 0 Å². The summed E-state index contributed by atoms with van der Waals surface area (Å²) in [5.41, 5.74) is 0.592. The highest BCUT2D eigenvalue weighted by Crippen LogP contribution is 2.29. The second kappa shape index (κ2) is 3.35. The summed E-state index contributed by atoms with van der Waals surface area (Å²) in [5, 5.41) is 3.26. The van der Waals surface area contributed by atoms with Crippen LogP contribution in [0.5, 0.6) is 0 Å². The van der Waals surface area contributed by atoms with Crippen LogP contribution in [0.1, 0.15) is 33.6 Å². The van der Waals surface area contributed by atoms with E-state index < -0.39 is 0 Å². The minimum Gasteiger partial charge on any atom is -0.376 e. The molecule has 0 amide bonds. The number of hydrogen-bond acceptors (Lipinski definition) is 2. The van der Waals surface area contributed by atoms with Crippen LogP contribution in [0.15, 0.2) is 0 Å². The van der Waals surface area contributed by atoms with E-state index in [0.29, 0.717) is 5.41 Å². The largest absolute Gasteiger partial charge is 0.376 e. The van der Waals surface area contributed by atoms with E-state index in [-0.39, 0.29) is 5.60 Å². The molecule has 2 heteroatoms. The third-order valence-corrected chi connectivity index (χ3v) is 2.66. The summed E-state index contributed by atoms with van der Waals surface area (Å²) in [6.07, 6.45) is 2.42. The third-order valence-electron chi connectivity index (χ3n) is 2.66. The molecule has 0 unspecified atom stereocenters. The molecule has 0 aromatic carbocycles. The Bertz CT molecular complexity index is 139. The van der Waals surface area contributed by atoms with Crippen LogP contribution in [0, 0.1) is 5.41 Å². The molecular formula is C10H21NO. The highest BCUT2D eigenvalue weighted by Gasteiger charge is 2.37. The fourth-order valence-electron chi connectivity index (χ4n) is 1.43. The first-order chi connectivity index (χ1) is 5.47. The van der Waals surface area contributed by atoms with Crippen LogP contribution in [-0.2, 0) is 4.74 Å². The summed E-state index contributed by atoms with van der Waals surface area (Å²) >= 11 is 0. The lowest BCUT2D eigenvalue weighted by Crippen LogP contribution is -2.60. The Morgan fingerprint density at radius 3 is 2.17 bits per heavy atom. The van der Waals surface area contributed by atoms with Gasteiger partial charge in [0.2, 0.25) is 0 Å².